The largest absolute Gasteiger partial charge is 0.344 e. The van der Waals surface area contributed by atoms with Crippen LogP contribution in [0.15, 0.2) is 162 Å². The van der Waals surface area contributed by atoms with Gasteiger partial charge in [0, 0.05) is 23.8 Å². The fourth-order valence-electron chi connectivity index (χ4n) is 6.61. The molecule has 2 aliphatic carbocycles. The second-order valence-corrected chi connectivity index (χ2v) is 12.6. The average Bonchev–Trinajstić information content (AvgIpc) is 3.22. The van der Waals surface area contributed by atoms with Crippen molar-refractivity contribution in [2.24, 2.45) is 5.41 Å². The molecule has 2 aromatic carbocycles. The second kappa shape index (κ2) is 15.6. The van der Waals surface area contributed by atoms with Gasteiger partial charge in [-0.05, 0) is 110 Å². The molecule has 0 N–H and O–H groups in total. The molecule has 0 bridgehead atoms. The van der Waals surface area contributed by atoms with Gasteiger partial charge < -0.3 is 4.90 Å². The number of rotatable bonds is 13. The van der Waals surface area contributed by atoms with Crippen molar-refractivity contribution in [2.45, 2.75) is 73.1 Å². The molecule has 0 amide bonds. The van der Waals surface area contributed by atoms with E-state index in [-0.39, 0.29) is 5.41 Å². The van der Waals surface area contributed by atoms with E-state index in [1.807, 2.05) is 6.08 Å². The molecular weight excluding hydrogens is 530 g/mol. The first-order valence-corrected chi connectivity index (χ1v) is 16.3. The van der Waals surface area contributed by atoms with Crippen LogP contribution in [0, 0.1) is 5.41 Å². The lowest BCUT2D eigenvalue weighted by Gasteiger charge is -2.28. The van der Waals surface area contributed by atoms with Crippen LogP contribution < -0.4 is 4.90 Å². The van der Waals surface area contributed by atoms with Gasteiger partial charge >= 0.3 is 0 Å². The summed E-state index contributed by atoms with van der Waals surface area (Å²) >= 11 is 0. The summed E-state index contributed by atoms with van der Waals surface area (Å²) in [5, 5.41) is 0. The Hall–Kier alpha value is -4.10. The highest BCUT2D eigenvalue weighted by atomic mass is 15.1. The van der Waals surface area contributed by atoms with Crippen LogP contribution in [-0.4, -0.2) is 6.54 Å². The highest BCUT2D eigenvalue weighted by molar-refractivity contribution is 5.69. The van der Waals surface area contributed by atoms with Crippen molar-refractivity contribution < 1.29 is 0 Å². The number of benzene rings is 2. The van der Waals surface area contributed by atoms with Gasteiger partial charge in [-0.25, -0.2) is 0 Å². The normalized spacial score (nSPS) is 18.0. The quantitative estimate of drug-likeness (QED) is 0.168. The summed E-state index contributed by atoms with van der Waals surface area (Å²) < 4.78 is 0. The number of allylic oxidation sites excluding steroid dienone is 14. The summed E-state index contributed by atoms with van der Waals surface area (Å²) in [6.07, 6.45) is 26.7. The summed E-state index contributed by atoms with van der Waals surface area (Å²) in [5.41, 5.74) is 13.3. The minimum Gasteiger partial charge on any atom is -0.344 e. The highest BCUT2D eigenvalue weighted by Gasteiger charge is 2.40. The summed E-state index contributed by atoms with van der Waals surface area (Å²) in [6.45, 7) is 20.7. The molecule has 0 atom stereocenters. The van der Waals surface area contributed by atoms with Crippen LogP contribution in [0.3, 0.4) is 0 Å². The lowest BCUT2D eigenvalue weighted by atomic mass is 9.76. The van der Waals surface area contributed by atoms with Crippen LogP contribution in [0.25, 0.3) is 11.1 Å². The molecule has 1 nitrogen and oxygen atoms in total. The Kier molecular flexibility index (Phi) is 11.6. The van der Waals surface area contributed by atoms with Crippen LogP contribution in [-0.2, 0) is 0 Å². The highest BCUT2D eigenvalue weighted by Crippen LogP contribution is 2.54. The fraction of sp³-hybridized carbons (Fsp3) is 0.302. The molecule has 0 heterocycles. The van der Waals surface area contributed by atoms with Crippen molar-refractivity contribution in [2.75, 3.05) is 11.4 Å². The summed E-state index contributed by atoms with van der Waals surface area (Å²) in [7, 11) is 0. The molecule has 2 aromatic rings. The average molecular weight is 582 g/mol. The first kappa shape index (κ1) is 32.8. The molecule has 0 saturated heterocycles. The van der Waals surface area contributed by atoms with Crippen LogP contribution in [0.1, 0.15) is 73.1 Å². The third kappa shape index (κ3) is 8.08. The Bertz CT molecular complexity index is 1530. The molecule has 0 radical (unpaired) electrons. The standard InChI is InChI=1S/C43H51N/c1-8-10-12-17-29-44(39-26-24-38(25-27-39)37-21-15-13-16-22-37)30-18-20-34(4)42-35(5)40-32-36(23-28-41(40)43(42,6)7)31-33(3)19-14-11-9-2/h8-9,11,13,15-18,20-22,24-27,29,31-32H,1,5,10,12,14,19,23,28,30H2,2-4,6-7H3/b11-9-,20-18-,29-17-,33-31+,42-34-. The Labute approximate surface area is 267 Å². The van der Waals surface area contributed by atoms with E-state index in [4.69, 9.17) is 0 Å². The van der Waals surface area contributed by atoms with Gasteiger partial charge in [0.2, 0.25) is 0 Å². The number of hydrogen-bond acceptors (Lipinski definition) is 1. The molecule has 0 fully saturated rings. The van der Waals surface area contributed by atoms with E-state index in [9.17, 15) is 0 Å². The van der Waals surface area contributed by atoms with Crippen LogP contribution in [0.2, 0.25) is 0 Å². The second-order valence-electron chi connectivity index (χ2n) is 12.6. The smallest absolute Gasteiger partial charge is 0.0409 e. The predicted octanol–water partition coefficient (Wildman–Crippen LogP) is 12.4. The first-order valence-electron chi connectivity index (χ1n) is 16.3. The maximum atomic E-state index is 4.64. The van der Waals surface area contributed by atoms with E-state index >= 15 is 0 Å². The van der Waals surface area contributed by atoms with Crippen LogP contribution in [0.5, 0.6) is 0 Å². The van der Waals surface area contributed by atoms with E-state index in [1.54, 1.807) is 5.57 Å². The van der Waals surface area contributed by atoms with Gasteiger partial charge in [0.25, 0.3) is 0 Å². The van der Waals surface area contributed by atoms with Crippen LogP contribution >= 0.6 is 0 Å². The third-order valence-electron chi connectivity index (χ3n) is 8.89. The van der Waals surface area contributed by atoms with Gasteiger partial charge in [0.05, 0.1) is 0 Å². The summed E-state index contributed by atoms with van der Waals surface area (Å²) in [5.74, 6) is 0. The topological polar surface area (TPSA) is 3.24 Å². The molecule has 0 spiro atoms. The number of unbranched alkanes of at least 4 members (excludes halogenated alkanes) is 1. The molecule has 0 aromatic heterocycles. The number of anilines is 1. The molecule has 44 heavy (non-hydrogen) atoms. The Morgan fingerprint density at radius 2 is 1.61 bits per heavy atom. The molecule has 0 saturated carbocycles. The van der Waals surface area contributed by atoms with E-state index in [0.717, 1.165) is 45.1 Å². The fourth-order valence-corrected chi connectivity index (χ4v) is 6.61. The van der Waals surface area contributed by atoms with Gasteiger partial charge in [-0.3, -0.25) is 0 Å². The van der Waals surface area contributed by atoms with E-state index in [2.05, 4.69) is 156 Å². The van der Waals surface area contributed by atoms with E-state index in [1.165, 1.54) is 50.3 Å². The SMILES string of the molecule is C=CCC/C=C\N(C/C=C\C(C)=C1\C(=C)C2=C(CCC(/C=C(\C)CC/C=C\C)=C2)C1(C)C)c1ccc(-c2ccccc2)cc1. The Morgan fingerprint density at radius 3 is 2.32 bits per heavy atom. The zero-order valence-corrected chi connectivity index (χ0v) is 27.7. The van der Waals surface area contributed by atoms with Crippen molar-refractivity contribution in [3.63, 3.8) is 0 Å². The zero-order valence-electron chi connectivity index (χ0n) is 27.7. The van der Waals surface area contributed by atoms with Crippen molar-refractivity contribution >= 4 is 5.69 Å². The van der Waals surface area contributed by atoms with Gasteiger partial charge in [-0.1, -0.05) is 123 Å². The number of nitrogens with zero attached hydrogens (tertiary/aromatic N) is 1. The molecule has 0 aliphatic heterocycles. The Morgan fingerprint density at radius 1 is 0.886 bits per heavy atom. The lowest BCUT2D eigenvalue weighted by Crippen LogP contribution is -2.16. The molecule has 4 rings (SSSR count). The third-order valence-corrected chi connectivity index (χ3v) is 8.89. The van der Waals surface area contributed by atoms with E-state index in [0.29, 0.717) is 0 Å². The van der Waals surface area contributed by atoms with E-state index < -0.39 is 0 Å². The van der Waals surface area contributed by atoms with Gasteiger partial charge in [-0.2, -0.15) is 0 Å². The molecule has 228 valence electrons. The Balaban J connectivity index is 1.53. The monoisotopic (exact) mass is 581 g/mol. The predicted molar refractivity (Wildman–Crippen MR) is 195 cm³/mol. The summed E-state index contributed by atoms with van der Waals surface area (Å²) in [4.78, 5) is 2.32. The summed E-state index contributed by atoms with van der Waals surface area (Å²) in [6, 6.07) is 19.4. The maximum Gasteiger partial charge on any atom is 0.0409 e. The van der Waals surface area contributed by atoms with Crippen molar-refractivity contribution in [3.8, 4) is 11.1 Å². The first-order chi connectivity index (χ1) is 21.3. The molecule has 1 heteroatoms. The van der Waals surface area contributed by atoms with Crippen molar-refractivity contribution in [1.29, 1.82) is 0 Å². The minimum absolute atomic E-state index is 0.00883. The molecule has 0 unspecified atom stereocenters. The van der Waals surface area contributed by atoms with Gasteiger partial charge in [-0.15, -0.1) is 6.58 Å². The maximum absolute atomic E-state index is 4.64. The van der Waals surface area contributed by atoms with Gasteiger partial charge in [0.15, 0.2) is 0 Å². The zero-order chi connectivity index (χ0) is 31.5. The lowest BCUT2D eigenvalue weighted by molar-refractivity contribution is 0.534. The molecule has 2 aliphatic rings. The van der Waals surface area contributed by atoms with Crippen molar-refractivity contribution in [3.05, 3.63) is 162 Å². The molecular formula is C43H51N. The van der Waals surface area contributed by atoms with Crippen molar-refractivity contribution in [1.82, 2.24) is 0 Å². The van der Waals surface area contributed by atoms with Gasteiger partial charge in [0.1, 0.15) is 0 Å². The minimum atomic E-state index is -0.00883. The van der Waals surface area contributed by atoms with Crippen LogP contribution in [0.4, 0.5) is 5.69 Å². The number of hydrogen-bond donors (Lipinski definition) is 0.